The van der Waals surface area contributed by atoms with Crippen molar-refractivity contribution in [1.82, 2.24) is 4.31 Å². The zero-order valence-corrected chi connectivity index (χ0v) is 9.70. The summed E-state index contributed by atoms with van der Waals surface area (Å²) in [5.74, 6) is 0. The van der Waals surface area contributed by atoms with Gasteiger partial charge in [0, 0.05) is 13.1 Å². The van der Waals surface area contributed by atoms with Gasteiger partial charge in [-0.05, 0) is 31.0 Å². The molecule has 1 aliphatic heterocycles. The van der Waals surface area contributed by atoms with Crippen molar-refractivity contribution in [1.29, 1.82) is 0 Å². The minimum Gasteiger partial charge on any atom is -0.397 e. The molecule has 6 heteroatoms. The number of nitrogen functional groups attached to an aromatic ring is 2. The van der Waals surface area contributed by atoms with Gasteiger partial charge in [-0.1, -0.05) is 0 Å². The molecule has 0 atom stereocenters. The van der Waals surface area contributed by atoms with Crippen LogP contribution in [0.25, 0.3) is 0 Å². The topological polar surface area (TPSA) is 89.4 Å². The summed E-state index contributed by atoms with van der Waals surface area (Å²) in [6, 6.07) is 4.45. The van der Waals surface area contributed by atoms with E-state index in [9.17, 15) is 8.42 Å². The van der Waals surface area contributed by atoms with Gasteiger partial charge >= 0.3 is 0 Å². The molecule has 0 unspecified atom stereocenters. The molecule has 0 bridgehead atoms. The van der Waals surface area contributed by atoms with Crippen LogP contribution in [0.5, 0.6) is 0 Å². The fourth-order valence-corrected chi connectivity index (χ4v) is 3.34. The minimum absolute atomic E-state index is 0.223. The van der Waals surface area contributed by atoms with Crippen LogP contribution in [0.3, 0.4) is 0 Å². The first kappa shape index (κ1) is 11.2. The smallest absolute Gasteiger partial charge is 0.243 e. The molecule has 1 fully saturated rings. The molecule has 5 nitrogen and oxygen atoms in total. The predicted molar refractivity (Wildman–Crippen MR) is 63.3 cm³/mol. The van der Waals surface area contributed by atoms with Crippen molar-refractivity contribution < 1.29 is 8.42 Å². The minimum atomic E-state index is -3.38. The number of benzene rings is 1. The highest BCUT2D eigenvalue weighted by Gasteiger charge is 2.27. The van der Waals surface area contributed by atoms with Gasteiger partial charge in [0.2, 0.25) is 10.0 Å². The SMILES string of the molecule is Nc1ccc(S(=O)(=O)N2CCCC2)cc1N. The fraction of sp³-hybridized carbons (Fsp3) is 0.400. The number of hydrogen-bond acceptors (Lipinski definition) is 4. The van der Waals surface area contributed by atoms with Gasteiger partial charge in [0.1, 0.15) is 0 Å². The number of sulfonamides is 1. The third-order valence-electron chi connectivity index (χ3n) is 2.76. The van der Waals surface area contributed by atoms with E-state index in [2.05, 4.69) is 0 Å². The molecule has 0 radical (unpaired) electrons. The molecule has 0 saturated carbocycles. The van der Waals surface area contributed by atoms with E-state index in [0.717, 1.165) is 12.8 Å². The van der Waals surface area contributed by atoms with Gasteiger partial charge in [-0.25, -0.2) is 8.42 Å². The predicted octanol–water partition coefficient (Wildman–Crippen LogP) is 0.636. The highest BCUT2D eigenvalue weighted by atomic mass is 32.2. The summed E-state index contributed by atoms with van der Waals surface area (Å²) in [6.07, 6.45) is 1.84. The van der Waals surface area contributed by atoms with Crippen LogP contribution in [0.4, 0.5) is 11.4 Å². The first-order valence-corrected chi connectivity index (χ1v) is 6.61. The summed E-state index contributed by atoms with van der Waals surface area (Å²) in [6.45, 7) is 1.18. The maximum Gasteiger partial charge on any atom is 0.243 e. The Kier molecular flexibility index (Phi) is 2.77. The van der Waals surface area contributed by atoms with Gasteiger partial charge in [-0.3, -0.25) is 0 Å². The molecule has 1 aromatic rings. The summed E-state index contributed by atoms with van der Waals surface area (Å²) in [7, 11) is -3.38. The second-order valence-corrected chi connectivity index (χ2v) is 5.84. The van der Waals surface area contributed by atoms with Gasteiger partial charge in [-0.15, -0.1) is 0 Å². The second kappa shape index (κ2) is 3.95. The zero-order chi connectivity index (χ0) is 11.8. The monoisotopic (exact) mass is 241 g/mol. The van der Waals surface area contributed by atoms with E-state index < -0.39 is 10.0 Å². The molecule has 0 spiro atoms. The normalized spacial score (nSPS) is 17.8. The molecule has 0 aromatic heterocycles. The van der Waals surface area contributed by atoms with Crippen LogP contribution in [0.2, 0.25) is 0 Å². The zero-order valence-electron chi connectivity index (χ0n) is 8.89. The molecule has 1 aromatic carbocycles. The lowest BCUT2D eigenvalue weighted by molar-refractivity contribution is 0.477. The van der Waals surface area contributed by atoms with Gasteiger partial charge in [-0.2, -0.15) is 4.31 Å². The third kappa shape index (κ3) is 1.85. The summed E-state index contributed by atoms with van der Waals surface area (Å²) in [4.78, 5) is 0.223. The maximum atomic E-state index is 12.1. The Balaban J connectivity index is 2.39. The van der Waals surface area contributed by atoms with Crippen molar-refractivity contribution in [2.75, 3.05) is 24.6 Å². The van der Waals surface area contributed by atoms with E-state index in [-0.39, 0.29) is 4.90 Å². The molecule has 0 amide bonds. The van der Waals surface area contributed by atoms with E-state index in [1.165, 1.54) is 22.5 Å². The lowest BCUT2D eigenvalue weighted by Gasteiger charge is -2.15. The van der Waals surface area contributed by atoms with Crippen LogP contribution >= 0.6 is 0 Å². The van der Waals surface area contributed by atoms with Crippen LogP contribution in [-0.2, 0) is 10.0 Å². The lowest BCUT2D eigenvalue weighted by atomic mass is 10.3. The number of anilines is 2. The average Bonchev–Trinajstić information content (AvgIpc) is 2.75. The quantitative estimate of drug-likeness (QED) is 0.743. The van der Waals surface area contributed by atoms with E-state index in [0.29, 0.717) is 24.5 Å². The van der Waals surface area contributed by atoms with Crippen molar-refractivity contribution in [3.63, 3.8) is 0 Å². The third-order valence-corrected chi connectivity index (χ3v) is 4.66. The fourth-order valence-electron chi connectivity index (χ4n) is 1.79. The maximum absolute atomic E-state index is 12.1. The van der Waals surface area contributed by atoms with E-state index in [1.54, 1.807) is 0 Å². The van der Waals surface area contributed by atoms with Crippen LogP contribution in [0, 0.1) is 0 Å². The van der Waals surface area contributed by atoms with E-state index >= 15 is 0 Å². The molecular formula is C10H15N3O2S. The average molecular weight is 241 g/mol. The largest absolute Gasteiger partial charge is 0.397 e. The van der Waals surface area contributed by atoms with Crippen molar-refractivity contribution in [3.8, 4) is 0 Å². The Morgan fingerprint density at radius 1 is 1.06 bits per heavy atom. The summed E-state index contributed by atoms with van der Waals surface area (Å²) in [5.41, 5.74) is 11.9. The highest BCUT2D eigenvalue weighted by molar-refractivity contribution is 7.89. The van der Waals surface area contributed by atoms with Crippen LogP contribution < -0.4 is 11.5 Å². The van der Waals surface area contributed by atoms with Crippen LogP contribution in [0.15, 0.2) is 23.1 Å². The van der Waals surface area contributed by atoms with Crippen LogP contribution in [-0.4, -0.2) is 25.8 Å². The van der Waals surface area contributed by atoms with Gasteiger partial charge in [0.15, 0.2) is 0 Å². The first-order valence-electron chi connectivity index (χ1n) is 5.17. The molecule has 1 saturated heterocycles. The van der Waals surface area contributed by atoms with E-state index in [1.807, 2.05) is 0 Å². The second-order valence-electron chi connectivity index (χ2n) is 3.90. The van der Waals surface area contributed by atoms with E-state index in [4.69, 9.17) is 11.5 Å². The Hall–Kier alpha value is -1.27. The van der Waals surface area contributed by atoms with Crippen molar-refractivity contribution in [2.24, 2.45) is 0 Å². The molecule has 1 heterocycles. The number of hydrogen-bond donors (Lipinski definition) is 2. The Morgan fingerprint density at radius 3 is 2.25 bits per heavy atom. The highest BCUT2D eigenvalue weighted by Crippen LogP contribution is 2.24. The van der Waals surface area contributed by atoms with Crippen LogP contribution in [0.1, 0.15) is 12.8 Å². The Bertz CT molecular complexity index is 493. The Labute approximate surface area is 95.1 Å². The summed E-state index contributed by atoms with van der Waals surface area (Å²) < 4.78 is 25.7. The summed E-state index contributed by atoms with van der Waals surface area (Å²) in [5, 5.41) is 0. The standard InChI is InChI=1S/C10H15N3O2S/c11-9-4-3-8(7-10(9)12)16(14,15)13-5-1-2-6-13/h3-4,7H,1-2,5-6,11-12H2. The molecule has 4 N–H and O–H groups in total. The molecule has 16 heavy (non-hydrogen) atoms. The molecule has 2 rings (SSSR count). The van der Waals surface area contributed by atoms with Gasteiger partial charge < -0.3 is 11.5 Å². The van der Waals surface area contributed by atoms with Crippen molar-refractivity contribution in [3.05, 3.63) is 18.2 Å². The van der Waals surface area contributed by atoms with Gasteiger partial charge in [0.05, 0.1) is 16.3 Å². The summed E-state index contributed by atoms with van der Waals surface area (Å²) >= 11 is 0. The molecular weight excluding hydrogens is 226 g/mol. The first-order chi connectivity index (χ1) is 7.51. The van der Waals surface area contributed by atoms with Crippen molar-refractivity contribution in [2.45, 2.75) is 17.7 Å². The molecule has 0 aliphatic carbocycles. The number of nitrogens with two attached hydrogens (primary N) is 2. The number of nitrogens with zero attached hydrogens (tertiary/aromatic N) is 1. The van der Waals surface area contributed by atoms with Gasteiger partial charge in [0.25, 0.3) is 0 Å². The van der Waals surface area contributed by atoms with Crippen molar-refractivity contribution >= 4 is 21.4 Å². The lowest BCUT2D eigenvalue weighted by Crippen LogP contribution is -2.27. The number of rotatable bonds is 2. The molecule has 88 valence electrons. The Morgan fingerprint density at radius 2 is 1.69 bits per heavy atom. The molecule has 1 aliphatic rings.